The predicted molar refractivity (Wildman–Crippen MR) is 159 cm³/mol. The first kappa shape index (κ1) is 20.3. The summed E-state index contributed by atoms with van der Waals surface area (Å²) in [4.78, 5) is 3.76. The van der Waals surface area contributed by atoms with Crippen molar-refractivity contribution in [2.75, 3.05) is 0 Å². The molecule has 0 aliphatic heterocycles. The van der Waals surface area contributed by atoms with Crippen molar-refractivity contribution in [1.82, 2.24) is 4.98 Å². The van der Waals surface area contributed by atoms with Gasteiger partial charge in [-0.3, -0.25) is 0 Å². The van der Waals surface area contributed by atoms with Gasteiger partial charge in [0.05, 0.1) is 5.52 Å². The molecule has 8 aromatic rings. The van der Waals surface area contributed by atoms with Crippen LogP contribution in [0.4, 0.5) is 0 Å². The molecule has 0 amide bonds. The lowest BCUT2D eigenvalue weighted by atomic mass is 9.86. The Morgan fingerprint density at radius 3 is 1.57 bits per heavy atom. The summed E-state index contributed by atoms with van der Waals surface area (Å²) in [5, 5.41) is 10.2. The van der Waals surface area contributed by atoms with Gasteiger partial charge in [-0.1, -0.05) is 127 Å². The fraction of sp³-hybridized carbons (Fsp3) is 0. The second kappa shape index (κ2) is 7.81. The first-order valence-electron chi connectivity index (χ1n) is 12.8. The number of benzene rings is 7. The second-order valence-corrected chi connectivity index (χ2v) is 9.80. The van der Waals surface area contributed by atoms with E-state index in [1.807, 2.05) is 0 Å². The molecule has 1 nitrogen and oxygen atoms in total. The highest BCUT2D eigenvalue weighted by Crippen LogP contribution is 2.44. The van der Waals surface area contributed by atoms with Crippen molar-refractivity contribution in [1.29, 1.82) is 0 Å². The van der Waals surface area contributed by atoms with Crippen molar-refractivity contribution in [3.8, 4) is 22.3 Å². The minimum absolute atomic E-state index is 1.17. The monoisotopic (exact) mass is 469 g/mol. The number of rotatable bonds is 2. The third kappa shape index (κ3) is 2.98. The molecular formula is C36H23N. The van der Waals surface area contributed by atoms with Gasteiger partial charge in [0.1, 0.15) is 0 Å². The van der Waals surface area contributed by atoms with E-state index in [0.717, 1.165) is 0 Å². The molecule has 1 aromatic heterocycles. The van der Waals surface area contributed by atoms with E-state index in [1.165, 1.54) is 76.4 Å². The van der Waals surface area contributed by atoms with Crippen molar-refractivity contribution in [3.63, 3.8) is 0 Å². The molecule has 0 fully saturated rings. The van der Waals surface area contributed by atoms with Crippen LogP contribution in [0.15, 0.2) is 133 Å². The van der Waals surface area contributed by atoms with Gasteiger partial charge in [-0.25, -0.2) is 0 Å². The SMILES string of the molecule is c1ccc(-c2c3ccccc3c(-c3ccc4c(c3)[nH]c3c5ccccc5ccc43)c3ccccc23)cc1. The molecule has 1 heterocycles. The molecule has 172 valence electrons. The molecule has 0 unspecified atom stereocenters. The second-order valence-electron chi connectivity index (χ2n) is 9.80. The summed E-state index contributed by atoms with van der Waals surface area (Å²) in [6.07, 6.45) is 0. The third-order valence-corrected chi connectivity index (χ3v) is 7.78. The number of hydrogen-bond acceptors (Lipinski definition) is 0. The number of aromatic nitrogens is 1. The van der Waals surface area contributed by atoms with Gasteiger partial charge in [-0.15, -0.1) is 0 Å². The fourth-order valence-corrected chi connectivity index (χ4v) is 6.16. The molecule has 1 heteroatoms. The van der Waals surface area contributed by atoms with Crippen LogP contribution < -0.4 is 0 Å². The van der Waals surface area contributed by atoms with Crippen LogP contribution in [0.5, 0.6) is 0 Å². The number of hydrogen-bond donors (Lipinski definition) is 1. The predicted octanol–water partition coefficient (Wildman–Crippen LogP) is 10.1. The first-order chi connectivity index (χ1) is 18.4. The van der Waals surface area contributed by atoms with Crippen LogP contribution in [-0.4, -0.2) is 4.98 Å². The number of H-pyrrole nitrogens is 1. The zero-order valence-corrected chi connectivity index (χ0v) is 20.2. The quantitative estimate of drug-likeness (QED) is 0.242. The maximum atomic E-state index is 3.76. The lowest BCUT2D eigenvalue weighted by Crippen LogP contribution is -1.90. The van der Waals surface area contributed by atoms with Gasteiger partial charge >= 0.3 is 0 Å². The normalized spacial score (nSPS) is 11.8. The van der Waals surface area contributed by atoms with E-state index in [2.05, 4.69) is 138 Å². The van der Waals surface area contributed by atoms with Crippen LogP contribution in [0.25, 0.3) is 76.4 Å². The number of fused-ring (bicyclic) bond motifs is 7. The summed E-state index contributed by atoms with van der Waals surface area (Å²) in [7, 11) is 0. The molecular weight excluding hydrogens is 446 g/mol. The average Bonchev–Trinajstić information content (AvgIpc) is 3.34. The van der Waals surface area contributed by atoms with E-state index in [4.69, 9.17) is 0 Å². The Morgan fingerprint density at radius 1 is 0.351 bits per heavy atom. The van der Waals surface area contributed by atoms with Gasteiger partial charge in [0.15, 0.2) is 0 Å². The lowest BCUT2D eigenvalue weighted by Gasteiger charge is -2.17. The van der Waals surface area contributed by atoms with Crippen LogP contribution in [-0.2, 0) is 0 Å². The van der Waals surface area contributed by atoms with Gasteiger partial charge in [-0.05, 0) is 55.3 Å². The van der Waals surface area contributed by atoms with Crippen LogP contribution >= 0.6 is 0 Å². The molecule has 7 aromatic carbocycles. The van der Waals surface area contributed by atoms with Crippen molar-refractivity contribution < 1.29 is 0 Å². The average molecular weight is 470 g/mol. The Kier molecular flexibility index (Phi) is 4.29. The Balaban J connectivity index is 1.47. The van der Waals surface area contributed by atoms with E-state index in [9.17, 15) is 0 Å². The summed E-state index contributed by atoms with van der Waals surface area (Å²) >= 11 is 0. The molecule has 0 saturated heterocycles. The first-order valence-corrected chi connectivity index (χ1v) is 12.8. The van der Waals surface area contributed by atoms with Gasteiger partial charge in [-0.2, -0.15) is 0 Å². The highest BCUT2D eigenvalue weighted by atomic mass is 14.7. The van der Waals surface area contributed by atoms with Gasteiger partial charge in [0.2, 0.25) is 0 Å². The van der Waals surface area contributed by atoms with Gasteiger partial charge in [0, 0.05) is 21.7 Å². The minimum atomic E-state index is 1.17. The fourth-order valence-electron chi connectivity index (χ4n) is 6.16. The summed E-state index contributed by atoms with van der Waals surface area (Å²) < 4.78 is 0. The summed E-state index contributed by atoms with van der Waals surface area (Å²) in [6, 6.07) is 48.4. The molecule has 0 saturated carbocycles. The molecule has 8 rings (SSSR count). The Hall–Kier alpha value is -4.88. The summed E-state index contributed by atoms with van der Waals surface area (Å²) in [5.74, 6) is 0. The van der Waals surface area contributed by atoms with Crippen molar-refractivity contribution in [2.45, 2.75) is 0 Å². The van der Waals surface area contributed by atoms with E-state index in [1.54, 1.807) is 0 Å². The zero-order chi connectivity index (χ0) is 24.3. The third-order valence-electron chi connectivity index (χ3n) is 7.78. The Bertz CT molecular complexity index is 2070. The zero-order valence-electron chi connectivity index (χ0n) is 20.2. The molecule has 0 atom stereocenters. The Morgan fingerprint density at radius 2 is 0.892 bits per heavy atom. The van der Waals surface area contributed by atoms with Crippen molar-refractivity contribution in [3.05, 3.63) is 133 Å². The van der Waals surface area contributed by atoms with Gasteiger partial charge in [0.25, 0.3) is 0 Å². The molecule has 0 spiro atoms. The van der Waals surface area contributed by atoms with Crippen LogP contribution in [0.3, 0.4) is 0 Å². The molecule has 0 aliphatic carbocycles. The van der Waals surface area contributed by atoms with E-state index in [0.29, 0.717) is 0 Å². The number of nitrogens with one attached hydrogen (secondary N) is 1. The van der Waals surface area contributed by atoms with Crippen LogP contribution in [0.1, 0.15) is 0 Å². The largest absolute Gasteiger partial charge is 0.354 e. The van der Waals surface area contributed by atoms with Crippen molar-refractivity contribution in [2.24, 2.45) is 0 Å². The van der Waals surface area contributed by atoms with Gasteiger partial charge < -0.3 is 4.98 Å². The topological polar surface area (TPSA) is 15.8 Å². The Labute approximate surface area is 214 Å². The van der Waals surface area contributed by atoms with E-state index < -0.39 is 0 Å². The maximum absolute atomic E-state index is 3.76. The van der Waals surface area contributed by atoms with E-state index >= 15 is 0 Å². The van der Waals surface area contributed by atoms with Crippen LogP contribution in [0, 0.1) is 0 Å². The number of aromatic amines is 1. The highest BCUT2D eigenvalue weighted by Gasteiger charge is 2.17. The lowest BCUT2D eigenvalue weighted by molar-refractivity contribution is 1.56. The summed E-state index contributed by atoms with van der Waals surface area (Å²) in [6.45, 7) is 0. The molecule has 37 heavy (non-hydrogen) atoms. The molecule has 0 bridgehead atoms. The smallest absolute Gasteiger partial charge is 0.0544 e. The van der Waals surface area contributed by atoms with E-state index in [-0.39, 0.29) is 0 Å². The van der Waals surface area contributed by atoms with Crippen molar-refractivity contribution >= 4 is 54.1 Å². The minimum Gasteiger partial charge on any atom is -0.354 e. The van der Waals surface area contributed by atoms with Crippen LogP contribution in [0.2, 0.25) is 0 Å². The molecule has 0 radical (unpaired) electrons. The maximum Gasteiger partial charge on any atom is 0.0544 e. The highest BCUT2D eigenvalue weighted by molar-refractivity contribution is 6.22. The summed E-state index contributed by atoms with van der Waals surface area (Å²) in [5.41, 5.74) is 7.45. The molecule has 1 N–H and O–H groups in total. The molecule has 0 aliphatic rings. The standard InChI is InChI=1S/C36H23N/c1-2-11-24(12-3-1)34-28-14-6-8-16-30(28)35(31-17-9-7-15-29(31)34)25-19-20-27-32-21-18-23-10-4-5-13-26(23)36(32)37-33(27)22-25/h1-22,37H.